The van der Waals surface area contributed by atoms with Gasteiger partial charge in [0, 0.05) is 26.1 Å². The third-order valence-electron chi connectivity index (χ3n) is 13.1. The molecular weight excluding hydrogens is 713 g/mol. The Bertz CT molecular complexity index is 793. The van der Waals surface area contributed by atoms with Crippen molar-refractivity contribution in [3.05, 3.63) is 0 Å². The number of rotatable bonds is 49. The van der Waals surface area contributed by atoms with Crippen molar-refractivity contribution in [1.29, 1.82) is 0 Å². The van der Waals surface area contributed by atoms with Crippen LogP contribution in [0.15, 0.2) is 0 Å². The SMILES string of the molecule is CCCCCCCCC(CCCCCC)CCCCCCN(CCCCCC(=O)OCC(CCCCCC)CCCCCCCC)CCN(CC)CCCCCCO. The molecule has 0 fully saturated rings. The van der Waals surface area contributed by atoms with Crippen LogP contribution in [0.25, 0.3) is 0 Å². The van der Waals surface area contributed by atoms with Crippen molar-refractivity contribution in [1.82, 2.24) is 9.80 Å². The number of aliphatic hydroxyl groups excluding tert-OH is 1. The van der Waals surface area contributed by atoms with Gasteiger partial charge in [-0.1, -0.05) is 221 Å². The van der Waals surface area contributed by atoms with Crippen LogP contribution in [-0.2, 0) is 9.53 Å². The zero-order valence-electron chi connectivity index (χ0n) is 40.6. The third-order valence-corrected chi connectivity index (χ3v) is 13.1. The van der Waals surface area contributed by atoms with E-state index in [1.807, 2.05) is 0 Å². The topological polar surface area (TPSA) is 53.0 Å². The maximum atomic E-state index is 12.8. The molecule has 0 aromatic carbocycles. The van der Waals surface area contributed by atoms with E-state index in [1.165, 1.54) is 219 Å². The maximum Gasteiger partial charge on any atom is 0.305 e. The molecular formula is C53H108N2O3. The van der Waals surface area contributed by atoms with E-state index in [2.05, 4.69) is 44.4 Å². The maximum absolute atomic E-state index is 12.8. The van der Waals surface area contributed by atoms with E-state index in [4.69, 9.17) is 9.84 Å². The lowest BCUT2D eigenvalue weighted by atomic mass is 9.89. The van der Waals surface area contributed by atoms with Crippen LogP contribution in [0.3, 0.4) is 0 Å². The van der Waals surface area contributed by atoms with Crippen LogP contribution < -0.4 is 0 Å². The van der Waals surface area contributed by atoms with Gasteiger partial charge < -0.3 is 19.6 Å². The number of aliphatic hydroxyl groups is 1. The van der Waals surface area contributed by atoms with Crippen LogP contribution in [0.2, 0.25) is 0 Å². The summed E-state index contributed by atoms with van der Waals surface area (Å²) in [5.74, 6) is 1.54. The highest BCUT2D eigenvalue weighted by molar-refractivity contribution is 5.69. The Hall–Kier alpha value is -0.650. The number of hydrogen-bond donors (Lipinski definition) is 1. The number of carbonyl (C=O) groups excluding carboxylic acids is 1. The monoisotopic (exact) mass is 821 g/mol. The van der Waals surface area contributed by atoms with Crippen LogP contribution in [0, 0.1) is 11.8 Å². The van der Waals surface area contributed by atoms with Gasteiger partial charge >= 0.3 is 5.97 Å². The Kier molecular flexibility index (Phi) is 46.9. The van der Waals surface area contributed by atoms with Crippen LogP contribution in [0.1, 0.15) is 272 Å². The lowest BCUT2D eigenvalue weighted by molar-refractivity contribution is -0.145. The molecule has 0 aliphatic carbocycles. The summed E-state index contributed by atoms with van der Waals surface area (Å²) in [6.45, 7) is 19.5. The number of carbonyl (C=O) groups is 1. The van der Waals surface area contributed by atoms with E-state index in [9.17, 15) is 4.79 Å². The minimum absolute atomic E-state index is 0.0334. The molecule has 0 heterocycles. The number of likely N-dealkylation sites (N-methyl/N-ethyl adjacent to an activating group) is 1. The molecule has 5 heteroatoms. The van der Waals surface area contributed by atoms with Gasteiger partial charge in [0.25, 0.3) is 0 Å². The molecule has 58 heavy (non-hydrogen) atoms. The Morgan fingerprint density at radius 3 is 1.19 bits per heavy atom. The van der Waals surface area contributed by atoms with Crippen molar-refractivity contribution in [2.45, 2.75) is 272 Å². The second kappa shape index (κ2) is 47.4. The van der Waals surface area contributed by atoms with E-state index in [-0.39, 0.29) is 5.97 Å². The number of nitrogens with zero attached hydrogens (tertiary/aromatic N) is 2. The highest BCUT2D eigenvalue weighted by Crippen LogP contribution is 2.25. The van der Waals surface area contributed by atoms with E-state index in [0.29, 0.717) is 25.6 Å². The average Bonchev–Trinajstić information content (AvgIpc) is 3.23. The first-order valence-corrected chi connectivity index (χ1v) is 26.7. The summed E-state index contributed by atoms with van der Waals surface area (Å²) in [6, 6.07) is 0. The largest absolute Gasteiger partial charge is 0.465 e. The predicted octanol–water partition coefficient (Wildman–Crippen LogP) is 15.9. The van der Waals surface area contributed by atoms with Crippen molar-refractivity contribution < 1.29 is 14.6 Å². The summed E-state index contributed by atoms with van der Waals surface area (Å²) in [7, 11) is 0. The van der Waals surface area contributed by atoms with Crippen molar-refractivity contribution in [2.24, 2.45) is 11.8 Å². The van der Waals surface area contributed by atoms with Crippen molar-refractivity contribution in [3.63, 3.8) is 0 Å². The van der Waals surface area contributed by atoms with Crippen molar-refractivity contribution >= 4 is 5.97 Å². The fourth-order valence-corrected chi connectivity index (χ4v) is 8.92. The molecule has 1 N–H and O–H groups in total. The highest BCUT2D eigenvalue weighted by Gasteiger charge is 2.14. The number of esters is 1. The van der Waals surface area contributed by atoms with Gasteiger partial charge in [0.2, 0.25) is 0 Å². The van der Waals surface area contributed by atoms with Gasteiger partial charge in [0.1, 0.15) is 0 Å². The molecule has 0 aromatic rings. The van der Waals surface area contributed by atoms with Gasteiger partial charge in [0.05, 0.1) is 6.61 Å². The molecule has 0 saturated carbocycles. The van der Waals surface area contributed by atoms with Gasteiger partial charge in [-0.05, 0) is 83.0 Å². The normalized spacial score (nSPS) is 12.9. The van der Waals surface area contributed by atoms with Gasteiger partial charge in [0.15, 0.2) is 0 Å². The molecule has 0 amide bonds. The molecule has 348 valence electrons. The minimum atomic E-state index is 0.0334. The first-order valence-electron chi connectivity index (χ1n) is 26.7. The molecule has 5 nitrogen and oxygen atoms in total. The zero-order chi connectivity index (χ0) is 42.4. The molecule has 0 aromatic heterocycles. The molecule has 0 aliphatic rings. The second-order valence-corrected chi connectivity index (χ2v) is 18.7. The minimum Gasteiger partial charge on any atom is -0.465 e. The summed E-state index contributed by atoms with van der Waals surface area (Å²) < 4.78 is 5.91. The van der Waals surface area contributed by atoms with E-state index in [1.54, 1.807) is 0 Å². The van der Waals surface area contributed by atoms with Crippen LogP contribution in [0.5, 0.6) is 0 Å². The first kappa shape index (κ1) is 57.3. The van der Waals surface area contributed by atoms with E-state index >= 15 is 0 Å². The van der Waals surface area contributed by atoms with Crippen molar-refractivity contribution in [3.8, 4) is 0 Å². The summed E-state index contributed by atoms with van der Waals surface area (Å²) >= 11 is 0. The predicted molar refractivity (Wildman–Crippen MR) is 257 cm³/mol. The Morgan fingerprint density at radius 1 is 0.397 bits per heavy atom. The van der Waals surface area contributed by atoms with Crippen LogP contribution in [0.4, 0.5) is 0 Å². The Balaban J connectivity index is 4.80. The lowest BCUT2D eigenvalue weighted by Gasteiger charge is -2.27. The molecule has 0 radical (unpaired) electrons. The first-order chi connectivity index (χ1) is 28.5. The molecule has 2 atom stereocenters. The summed E-state index contributed by atoms with van der Waals surface area (Å²) in [5.41, 5.74) is 0. The Morgan fingerprint density at radius 2 is 0.741 bits per heavy atom. The van der Waals surface area contributed by atoms with E-state index < -0.39 is 0 Å². The molecule has 0 spiro atoms. The van der Waals surface area contributed by atoms with Gasteiger partial charge in [-0.25, -0.2) is 0 Å². The quantitative estimate of drug-likeness (QED) is 0.0489. The second-order valence-electron chi connectivity index (χ2n) is 18.7. The summed E-state index contributed by atoms with van der Waals surface area (Å²) in [5, 5.41) is 9.15. The van der Waals surface area contributed by atoms with Gasteiger partial charge in [-0.2, -0.15) is 0 Å². The zero-order valence-corrected chi connectivity index (χ0v) is 40.6. The molecule has 0 saturated heterocycles. The standard InChI is InChI=1S/C53H108N2O3/c1-6-11-15-19-21-30-39-51(38-28-17-13-8-3)40-31-23-24-35-45-55(48-47-54(10-5)44-34-25-26-37-49-56)46-36-27-33-43-53(57)58-50-52(41-29-18-14-9-4)42-32-22-20-16-12-7-2/h51-52,56H,6-50H2,1-5H3. The molecule has 0 rings (SSSR count). The van der Waals surface area contributed by atoms with Gasteiger partial charge in [-0.15, -0.1) is 0 Å². The fourth-order valence-electron chi connectivity index (χ4n) is 8.92. The van der Waals surface area contributed by atoms with Crippen molar-refractivity contribution in [2.75, 3.05) is 52.5 Å². The number of ether oxygens (including phenoxy) is 1. The molecule has 0 aliphatic heterocycles. The summed E-state index contributed by atoms with van der Waals surface area (Å²) in [4.78, 5) is 18.2. The smallest absolute Gasteiger partial charge is 0.305 e. The van der Waals surface area contributed by atoms with Gasteiger partial charge in [-0.3, -0.25) is 4.79 Å². The number of unbranched alkanes of at least 4 members (excludes halogenated alkanes) is 24. The molecule has 2 unspecified atom stereocenters. The van der Waals surface area contributed by atoms with E-state index in [0.717, 1.165) is 57.8 Å². The molecule has 0 bridgehead atoms. The third kappa shape index (κ3) is 40.7. The lowest BCUT2D eigenvalue weighted by Crippen LogP contribution is -2.36. The Labute approximate surface area is 365 Å². The fraction of sp³-hybridized carbons (Fsp3) is 0.981. The number of hydrogen-bond acceptors (Lipinski definition) is 5. The van der Waals surface area contributed by atoms with Crippen LogP contribution >= 0.6 is 0 Å². The highest BCUT2D eigenvalue weighted by atomic mass is 16.5. The average molecular weight is 821 g/mol. The summed E-state index contributed by atoms with van der Waals surface area (Å²) in [6.07, 6.45) is 48.1. The van der Waals surface area contributed by atoms with Crippen LogP contribution in [-0.4, -0.2) is 73.4 Å².